The summed E-state index contributed by atoms with van der Waals surface area (Å²) in [6.45, 7) is 6.14. The van der Waals surface area contributed by atoms with Crippen LogP contribution < -0.4 is 11.1 Å². The maximum Gasteiger partial charge on any atom is 0.421 e. The fraction of sp³-hybridized carbons (Fsp3) is 0.643. The van der Waals surface area contributed by atoms with Gasteiger partial charge in [-0.1, -0.05) is 0 Å². The number of nitrogens with zero attached hydrogens (tertiary/aromatic N) is 3. The van der Waals surface area contributed by atoms with Crippen molar-refractivity contribution < 1.29 is 22.7 Å². The van der Waals surface area contributed by atoms with Crippen LogP contribution in [0.1, 0.15) is 32.8 Å². The third-order valence-electron chi connectivity index (χ3n) is 3.30. The average Bonchev–Trinajstić information content (AvgIpc) is 2.83. The van der Waals surface area contributed by atoms with Crippen molar-refractivity contribution in [1.29, 1.82) is 0 Å². The van der Waals surface area contributed by atoms with Crippen molar-refractivity contribution in [3.05, 3.63) is 11.8 Å². The van der Waals surface area contributed by atoms with E-state index < -0.39 is 29.3 Å². The van der Waals surface area contributed by atoms with E-state index in [0.29, 0.717) is 25.7 Å². The number of nitrogens with two attached hydrogens (primary N) is 1. The highest BCUT2D eigenvalue weighted by molar-refractivity contribution is 5.68. The van der Waals surface area contributed by atoms with Crippen LogP contribution in [-0.2, 0) is 10.9 Å². The van der Waals surface area contributed by atoms with Crippen LogP contribution in [-0.4, -0.2) is 45.7 Å². The van der Waals surface area contributed by atoms with E-state index in [1.807, 2.05) is 0 Å². The van der Waals surface area contributed by atoms with E-state index in [9.17, 15) is 18.0 Å². The predicted molar refractivity (Wildman–Crippen MR) is 81.3 cm³/mol. The molecule has 0 aliphatic carbocycles. The molecule has 2 heterocycles. The highest BCUT2D eigenvalue weighted by Crippen LogP contribution is 2.32. The number of hydrogen-bond donors (Lipinski definition) is 2. The highest BCUT2D eigenvalue weighted by atomic mass is 19.4. The molecule has 24 heavy (non-hydrogen) atoms. The number of hydrogen-bond acceptors (Lipinski definition) is 6. The van der Waals surface area contributed by atoms with Gasteiger partial charge in [-0.25, -0.2) is 9.78 Å². The van der Waals surface area contributed by atoms with Crippen molar-refractivity contribution >= 4 is 17.9 Å². The Morgan fingerprint density at radius 1 is 1.42 bits per heavy atom. The standard InChI is InChI=1S/C14H20F3N5O2/c1-13(2,3)24-12(23)22-5-4-8(7-22)20-11-19-6-9(10(18)21-11)14(15,16)17/h6,8H,4-5,7H2,1-3H3,(H3,18,19,20,21). The Hall–Kier alpha value is -2.26. The molecule has 2 rings (SSSR count). The number of ether oxygens (including phenoxy) is 1. The van der Waals surface area contributed by atoms with Crippen molar-refractivity contribution in [1.82, 2.24) is 14.9 Å². The van der Waals surface area contributed by atoms with Gasteiger partial charge in [0.05, 0.1) is 0 Å². The number of amides is 1. The lowest BCUT2D eigenvalue weighted by Crippen LogP contribution is -2.36. The lowest BCUT2D eigenvalue weighted by atomic mass is 10.2. The molecular formula is C14H20F3N5O2. The second-order valence-corrected chi connectivity index (χ2v) is 6.55. The molecular weight excluding hydrogens is 327 g/mol. The van der Waals surface area contributed by atoms with E-state index in [0.717, 1.165) is 0 Å². The lowest BCUT2D eigenvalue weighted by molar-refractivity contribution is -0.137. The minimum atomic E-state index is -4.59. The number of anilines is 2. The molecule has 134 valence electrons. The van der Waals surface area contributed by atoms with E-state index in [2.05, 4.69) is 15.3 Å². The second kappa shape index (κ2) is 6.33. The molecule has 1 aromatic rings. The van der Waals surface area contributed by atoms with Crippen LogP contribution in [0.3, 0.4) is 0 Å². The van der Waals surface area contributed by atoms with Gasteiger partial charge in [-0.2, -0.15) is 18.2 Å². The van der Waals surface area contributed by atoms with Crippen LogP contribution in [0.4, 0.5) is 29.7 Å². The normalized spacial score (nSPS) is 18.6. The molecule has 1 unspecified atom stereocenters. The number of rotatable bonds is 2. The maximum absolute atomic E-state index is 12.6. The zero-order valence-corrected chi connectivity index (χ0v) is 13.6. The van der Waals surface area contributed by atoms with Crippen LogP contribution in [0.5, 0.6) is 0 Å². The quantitative estimate of drug-likeness (QED) is 0.854. The first kappa shape index (κ1) is 18.1. The Bertz CT molecular complexity index is 615. The number of carbonyl (C=O) groups excluding carboxylic acids is 1. The molecule has 0 spiro atoms. The van der Waals surface area contributed by atoms with Crippen molar-refractivity contribution in [3.8, 4) is 0 Å². The Morgan fingerprint density at radius 2 is 2.08 bits per heavy atom. The van der Waals surface area contributed by atoms with Crippen molar-refractivity contribution in [3.63, 3.8) is 0 Å². The summed E-state index contributed by atoms with van der Waals surface area (Å²) < 4.78 is 43.1. The Labute approximate surface area is 137 Å². The minimum absolute atomic E-state index is 0.00320. The number of halogens is 3. The van der Waals surface area contributed by atoms with E-state index in [4.69, 9.17) is 10.5 Å². The van der Waals surface area contributed by atoms with Crippen LogP contribution in [0.2, 0.25) is 0 Å². The van der Waals surface area contributed by atoms with Gasteiger partial charge in [0.25, 0.3) is 0 Å². The van der Waals surface area contributed by atoms with Gasteiger partial charge in [0.2, 0.25) is 5.95 Å². The molecule has 0 saturated carbocycles. The minimum Gasteiger partial charge on any atom is -0.444 e. The number of alkyl halides is 3. The van der Waals surface area contributed by atoms with Crippen LogP contribution in [0.15, 0.2) is 6.20 Å². The van der Waals surface area contributed by atoms with E-state index >= 15 is 0 Å². The smallest absolute Gasteiger partial charge is 0.421 e. The summed E-state index contributed by atoms with van der Waals surface area (Å²) in [7, 11) is 0. The molecule has 0 aromatic carbocycles. The zero-order valence-electron chi connectivity index (χ0n) is 13.6. The third kappa shape index (κ3) is 4.62. The van der Waals surface area contributed by atoms with Gasteiger partial charge in [-0.15, -0.1) is 0 Å². The number of nitrogens with one attached hydrogen (secondary N) is 1. The van der Waals surface area contributed by atoms with Gasteiger partial charge in [-0.3, -0.25) is 0 Å². The summed E-state index contributed by atoms with van der Waals surface area (Å²) in [6.07, 6.45) is -3.78. The monoisotopic (exact) mass is 347 g/mol. The van der Waals surface area contributed by atoms with Crippen LogP contribution in [0, 0.1) is 0 Å². The van der Waals surface area contributed by atoms with Gasteiger partial charge in [0.15, 0.2) is 0 Å². The molecule has 1 fully saturated rings. The maximum atomic E-state index is 12.6. The van der Waals surface area contributed by atoms with E-state index in [1.165, 1.54) is 4.90 Å². The third-order valence-corrected chi connectivity index (χ3v) is 3.30. The Balaban J connectivity index is 1.96. The lowest BCUT2D eigenvalue weighted by Gasteiger charge is -2.24. The molecule has 0 bridgehead atoms. The van der Waals surface area contributed by atoms with Gasteiger partial charge in [0.1, 0.15) is 17.0 Å². The van der Waals surface area contributed by atoms with Crippen LogP contribution in [0.25, 0.3) is 0 Å². The van der Waals surface area contributed by atoms with Gasteiger partial charge in [0, 0.05) is 25.3 Å². The average molecular weight is 347 g/mol. The number of carbonyl (C=O) groups is 1. The van der Waals surface area contributed by atoms with E-state index in [1.54, 1.807) is 20.8 Å². The molecule has 7 nitrogen and oxygen atoms in total. The number of likely N-dealkylation sites (tertiary alicyclic amines) is 1. The van der Waals surface area contributed by atoms with Gasteiger partial charge < -0.3 is 20.7 Å². The van der Waals surface area contributed by atoms with Crippen molar-refractivity contribution in [2.24, 2.45) is 0 Å². The largest absolute Gasteiger partial charge is 0.444 e. The van der Waals surface area contributed by atoms with Gasteiger partial charge >= 0.3 is 12.3 Å². The van der Waals surface area contributed by atoms with E-state index in [-0.39, 0.29) is 12.0 Å². The first-order valence-corrected chi connectivity index (χ1v) is 7.40. The summed E-state index contributed by atoms with van der Waals surface area (Å²) in [5.74, 6) is -0.640. The SMILES string of the molecule is CC(C)(C)OC(=O)N1CCC(Nc2ncc(C(F)(F)F)c(N)n2)C1. The predicted octanol–water partition coefficient (Wildman–Crippen LogP) is 2.50. The second-order valence-electron chi connectivity index (χ2n) is 6.55. The number of aromatic nitrogens is 2. The topological polar surface area (TPSA) is 93.4 Å². The van der Waals surface area contributed by atoms with Crippen LogP contribution >= 0.6 is 0 Å². The Kier molecular flexibility index (Phi) is 4.77. The fourth-order valence-corrected chi connectivity index (χ4v) is 2.24. The number of nitrogen functional groups attached to an aromatic ring is 1. The molecule has 1 aliphatic heterocycles. The molecule has 3 N–H and O–H groups in total. The van der Waals surface area contributed by atoms with Crippen molar-refractivity contribution in [2.75, 3.05) is 24.1 Å². The molecule has 1 atom stereocenters. The summed E-state index contributed by atoms with van der Waals surface area (Å²) in [5.41, 5.74) is 3.67. The fourth-order valence-electron chi connectivity index (χ4n) is 2.24. The molecule has 1 amide bonds. The summed E-state index contributed by atoms with van der Waals surface area (Å²) in [6, 6.07) is -0.186. The first-order chi connectivity index (χ1) is 11.0. The molecule has 1 aromatic heterocycles. The highest BCUT2D eigenvalue weighted by Gasteiger charge is 2.35. The summed E-state index contributed by atoms with van der Waals surface area (Å²) in [5, 5.41) is 2.89. The van der Waals surface area contributed by atoms with Crippen molar-refractivity contribution in [2.45, 2.75) is 45.0 Å². The molecule has 1 aliphatic rings. The Morgan fingerprint density at radius 3 is 2.62 bits per heavy atom. The van der Waals surface area contributed by atoms with Gasteiger partial charge in [-0.05, 0) is 27.2 Å². The molecule has 0 radical (unpaired) electrons. The summed E-state index contributed by atoms with van der Waals surface area (Å²) >= 11 is 0. The molecule has 1 saturated heterocycles. The zero-order chi connectivity index (χ0) is 18.1. The molecule has 10 heteroatoms. The first-order valence-electron chi connectivity index (χ1n) is 7.40. The summed E-state index contributed by atoms with van der Waals surface area (Å²) in [4.78, 5) is 20.8.